The molecule has 6 heteroatoms. The van der Waals surface area contributed by atoms with E-state index in [0.717, 1.165) is 6.07 Å². The van der Waals surface area contributed by atoms with Crippen molar-refractivity contribution in [2.75, 3.05) is 13.2 Å². The van der Waals surface area contributed by atoms with E-state index in [2.05, 4.69) is 0 Å². The lowest BCUT2D eigenvalue weighted by Crippen LogP contribution is -2.31. The molecule has 2 rings (SSSR count). The van der Waals surface area contributed by atoms with Crippen molar-refractivity contribution >= 4 is 0 Å². The van der Waals surface area contributed by atoms with E-state index in [0.29, 0.717) is 6.42 Å². The molecule has 3 nitrogen and oxygen atoms in total. The second-order valence-electron chi connectivity index (χ2n) is 5.03. The number of halogens is 3. The Morgan fingerprint density at radius 3 is 2.70 bits per heavy atom. The van der Waals surface area contributed by atoms with Gasteiger partial charge >= 0.3 is 6.18 Å². The molecule has 0 spiro atoms. The molecule has 0 radical (unpaired) electrons. The van der Waals surface area contributed by atoms with E-state index < -0.39 is 17.5 Å². The standard InChI is InChI=1S/C14H17F3O3/c1-13(19-9-11(20-13)6-7-18)8-10-4-2-3-5-12(10)14(15,16)17/h2-5,11,18H,6-9H2,1H3. The number of alkyl halides is 3. The van der Waals surface area contributed by atoms with Gasteiger partial charge in [-0.05, 0) is 25.0 Å². The average molecular weight is 290 g/mol. The minimum Gasteiger partial charge on any atom is -0.396 e. The molecule has 1 aliphatic heterocycles. The van der Waals surface area contributed by atoms with Gasteiger partial charge in [-0.2, -0.15) is 13.2 Å². The van der Waals surface area contributed by atoms with Crippen LogP contribution in [-0.2, 0) is 22.1 Å². The number of rotatable bonds is 4. The van der Waals surface area contributed by atoms with Crippen LogP contribution >= 0.6 is 0 Å². The molecule has 1 aliphatic rings. The largest absolute Gasteiger partial charge is 0.416 e. The van der Waals surface area contributed by atoms with Gasteiger partial charge in [-0.15, -0.1) is 0 Å². The van der Waals surface area contributed by atoms with Gasteiger partial charge < -0.3 is 14.6 Å². The Morgan fingerprint density at radius 1 is 1.35 bits per heavy atom. The molecule has 0 saturated carbocycles. The number of ether oxygens (including phenoxy) is 2. The Bertz CT molecular complexity index is 461. The van der Waals surface area contributed by atoms with E-state index in [1.54, 1.807) is 13.0 Å². The molecule has 20 heavy (non-hydrogen) atoms. The van der Waals surface area contributed by atoms with Crippen molar-refractivity contribution in [2.45, 2.75) is 37.8 Å². The molecule has 1 saturated heterocycles. The quantitative estimate of drug-likeness (QED) is 0.926. The molecule has 0 aromatic heterocycles. The topological polar surface area (TPSA) is 38.7 Å². The van der Waals surface area contributed by atoms with Gasteiger partial charge in [-0.1, -0.05) is 18.2 Å². The fraction of sp³-hybridized carbons (Fsp3) is 0.571. The zero-order valence-corrected chi connectivity index (χ0v) is 11.1. The summed E-state index contributed by atoms with van der Waals surface area (Å²) in [6, 6.07) is 5.41. The van der Waals surface area contributed by atoms with Gasteiger partial charge in [0.25, 0.3) is 0 Å². The van der Waals surface area contributed by atoms with Gasteiger partial charge in [-0.3, -0.25) is 0 Å². The average Bonchev–Trinajstić information content (AvgIpc) is 2.70. The first-order chi connectivity index (χ1) is 9.34. The predicted molar refractivity (Wildman–Crippen MR) is 66.1 cm³/mol. The molecule has 2 atom stereocenters. The molecule has 1 aromatic carbocycles. The summed E-state index contributed by atoms with van der Waals surface area (Å²) in [5.74, 6) is -1.08. The molecule has 0 amide bonds. The second-order valence-corrected chi connectivity index (χ2v) is 5.03. The lowest BCUT2D eigenvalue weighted by Gasteiger charge is -2.25. The molecule has 0 aliphatic carbocycles. The van der Waals surface area contributed by atoms with E-state index in [-0.39, 0.29) is 31.3 Å². The Morgan fingerprint density at radius 2 is 2.05 bits per heavy atom. The lowest BCUT2D eigenvalue weighted by atomic mass is 10.00. The molecular weight excluding hydrogens is 273 g/mol. The van der Waals surface area contributed by atoms with Gasteiger partial charge in [-0.25, -0.2) is 0 Å². The fourth-order valence-corrected chi connectivity index (χ4v) is 2.37. The first-order valence-corrected chi connectivity index (χ1v) is 6.42. The van der Waals surface area contributed by atoms with Crippen LogP contribution in [0.15, 0.2) is 24.3 Å². The van der Waals surface area contributed by atoms with Gasteiger partial charge in [0.2, 0.25) is 0 Å². The van der Waals surface area contributed by atoms with E-state index in [9.17, 15) is 13.2 Å². The van der Waals surface area contributed by atoms with Crippen LogP contribution in [0.5, 0.6) is 0 Å². The second kappa shape index (κ2) is 5.71. The lowest BCUT2D eigenvalue weighted by molar-refractivity contribution is -0.157. The minimum atomic E-state index is -4.39. The zero-order chi connectivity index (χ0) is 14.8. The first-order valence-electron chi connectivity index (χ1n) is 6.42. The van der Waals surface area contributed by atoms with Crippen LogP contribution in [0.3, 0.4) is 0 Å². The van der Waals surface area contributed by atoms with Crippen LogP contribution in [0.25, 0.3) is 0 Å². The summed E-state index contributed by atoms with van der Waals surface area (Å²) in [4.78, 5) is 0. The van der Waals surface area contributed by atoms with Crippen LogP contribution in [0, 0.1) is 0 Å². The third-order valence-electron chi connectivity index (χ3n) is 3.28. The smallest absolute Gasteiger partial charge is 0.396 e. The van der Waals surface area contributed by atoms with Crippen LogP contribution in [0.1, 0.15) is 24.5 Å². The molecule has 1 heterocycles. The van der Waals surface area contributed by atoms with Crippen LogP contribution in [-0.4, -0.2) is 30.2 Å². The predicted octanol–water partition coefficient (Wildman–Crippen LogP) is 2.76. The minimum absolute atomic E-state index is 0.0185. The number of benzene rings is 1. The number of aliphatic hydroxyl groups excluding tert-OH is 1. The maximum absolute atomic E-state index is 12.9. The van der Waals surface area contributed by atoms with Gasteiger partial charge in [0, 0.05) is 13.0 Å². The highest BCUT2D eigenvalue weighted by Crippen LogP contribution is 2.36. The van der Waals surface area contributed by atoms with Crippen molar-refractivity contribution in [2.24, 2.45) is 0 Å². The van der Waals surface area contributed by atoms with Crippen molar-refractivity contribution in [1.82, 2.24) is 0 Å². The van der Waals surface area contributed by atoms with Crippen LogP contribution in [0.2, 0.25) is 0 Å². The van der Waals surface area contributed by atoms with E-state index in [1.807, 2.05) is 0 Å². The molecule has 1 N–H and O–H groups in total. The monoisotopic (exact) mass is 290 g/mol. The maximum atomic E-state index is 12.9. The van der Waals surface area contributed by atoms with Crippen molar-refractivity contribution in [3.05, 3.63) is 35.4 Å². The fourth-order valence-electron chi connectivity index (χ4n) is 2.37. The summed E-state index contributed by atoms with van der Waals surface area (Å²) in [7, 11) is 0. The van der Waals surface area contributed by atoms with Crippen LogP contribution < -0.4 is 0 Å². The van der Waals surface area contributed by atoms with Crippen molar-refractivity contribution in [3.8, 4) is 0 Å². The number of hydrogen-bond acceptors (Lipinski definition) is 3. The normalized spacial score (nSPS) is 26.9. The summed E-state index contributed by atoms with van der Waals surface area (Å²) in [5.41, 5.74) is -0.522. The molecule has 112 valence electrons. The molecule has 0 bridgehead atoms. The Labute approximate surface area is 115 Å². The van der Waals surface area contributed by atoms with Gasteiger partial charge in [0.05, 0.1) is 18.3 Å². The van der Waals surface area contributed by atoms with E-state index in [1.165, 1.54) is 12.1 Å². The number of hydrogen-bond donors (Lipinski definition) is 1. The highest BCUT2D eigenvalue weighted by Gasteiger charge is 2.40. The van der Waals surface area contributed by atoms with Crippen molar-refractivity contribution in [1.29, 1.82) is 0 Å². The summed E-state index contributed by atoms with van der Waals surface area (Å²) in [6.45, 7) is 1.87. The first kappa shape index (κ1) is 15.3. The Balaban J connectivity index is 2.15. The van der Waals surface area contributed by atoms with Crippen molar-refractivity contribution in [3.63, 3.8) is 0 Å². The maximum Gasteiger partial charge on any atom is 0.416 e. The Hall–Kier alpha value is -1.11. The Kier molecular flexibility index (Phi) is 4.36. The molecule has 1 aromatic rings. The molecule has 1 fully saturated rings. The van der Waals surface area contributed by atoms with Gasteiger partial charge in [0.15, 0.2) is 5.79 Å². The van der Waals surface area contributed by atoms with Crippen LogP contribution in [0.4, 0.5) is 13.2 Å². The summed E-state index contributed by atoms with van der Waals surface area (Å²) >= 11 is 0. The number of aliphatic hydroxyl groups is 1. The molecular formula is C14H17F3O3. The van der Waals surface area contributed by atoms with Crippen molar-refractivity contribution < 1.29 is 27.8 Å². The van der Waals surface area contributed by atoms with E-state index in [4.69, 9.17) is 14.6 Å². The SMILES string of the molecule is CC1(Cc2ccccc2C(F)(F)F)OCC(CCO)O1. The third kappa shape index (κ3) is 3.50. The van der Waals surface area contributed by atoms with E-state index >= 15 is 0 Å². The summed E-state index contributed by atoms with van der Waals surface area (Å²) in [6.07, 6.45) is -4.24. The summed E-state index contributed by atoms with van der Waals surface area (Å²) < 4.78 is 49.9. The highest BCUT2D eigenvalue weighted by molar-refractivity contribution is 5.30. The molecule has 2 unspecified atom stereocenters. The third-order valence-corrected chi connectivity index (χ3v) is 3.28. The summed E-state index contributed by atoms with van der Waals surface area (Å²) in [5, 5.41) is 8.85. The zero-order valence-electron chi connectivity index (χ0n) is 11.1. The highest BCUT2D eigenvalue weighted by atomic mass is 19.4. The van der Waals surface area contributed by atoms with Gasteiger partial charge in [0.1, 0.15) is 0 Å².